The Kier molecular flexibility index (Phi) is 5.68. The maximum absolute atomic E-state index is 11.9. The molecule has 4 rings (SSSR count). The number of carbonyl (C=O) groups is 1. The molecule has 0 saturated heterocycles. The van der Waals surface area contributed by atoms with Crippen molar-refractivity contribution in [2.75, 3.05) is 0 Å². The molecule has 0 aromatic heterocycles. The minimum absolute atomic E-state index is 0.0635. The van der Waals surface area contributed by atoms with Crippen molar-refractivity contribution in [2.24, 2.45) is 46.3 Å². The first-order chi connectivity index (χ1) is 13.7. The molecule has 4 aliphatic carbocycles. The van der Waals surface area contributed by atoms with Crippen LogP contribution < -0.4 is 0 Å². The molecular weight excluding hydrogens is 360 g/mol. The molecule has 3 heteroatoms. The molecule has 4 aliphatic rings. The van der Waals surface area contributed by atoms with Gasteiger partial charge in [-0.15, -0.1) is 0 Å². The van der Waals surface area contributed by atoms with Gasteiger partial charge in [0.1, 0.15) is 6.10 Å². The number of aliphatic hydroxyl groups excluding tert-OH is 1. The summed E-state index contributed by atoms with van der Waals surface area (Å²) in [6, 6.07) is 0. The highest BCUT2D eigenvalue weighted by Gasteiger charge is 2.64. The first-order valence-electron chi connectivity index (χ1n) is 12.2. The van der Waals surface area contributed by atoms with Crippen LogP contribution in [0.25, 0.3) is 0 Å². The molecule has 3 nitrogen and oxygen atoms in total. The molecule has 164 valence electrons. The number of aliphatic hydroxyl groups is 1. The second-order valence-corrected chi connectivity index (χ2v) is 11.3. The molecule has 0 spiro atoms. The third kappa shape index (κ3) is 3.30. The van der Waals surface area contributed by atoms with E-state index in [1.807, 2.05) is 0 Å². The van der Waals surface area contributed by atoms with Gasteiger partial charge in [-0.05, 0) is 92.3 Å². The number of hydrogen-bond acceptors (Lipinski definition) is 3. The topological polar surface area (TPSA) is 46.5 Å². The van der Waals surface area contributed by atoms with E-state index in [0.717, 1.165) is 37.5 Å². The summed E-state index contributed by atoms with van der Waals surface area (Å²) in [4.78, 5) is 11.9. The van der Waals surface area contributed by atoms with Gasteiger partial charge in [0, 0.05) is 12.3 Å². The zero-order chi connectivity index (χ0) is 21.0. The minimum atomic E-state index is -0.122. The Hall–Kier alpha value is -0.830. The lowest BCUT2D eigenvalue weighted by Crippen LogP contribution is -2.57. The maximum atomic E-state index is 11.9. The van der Waals surface area contributed by atoms with Gasteiger partial charge in [0.2, 0.25) is 0 Å². The summed E-state index contributed by atoms with van der Waals surface area (Å²) >= 11 is 0. The maximum Gasteiger partial charge on any atom is 0.302 e. The Balaban J connectivity index is 1.68. The molecule has 0 aliphatic heterocycles. The van der Waals surface area contributed by atoms with Crippen molar-refractivity contribution < 1.29 is 14.6 Å². The largest absolute Gasteiger partial charge is 0.462 e. The fourth-order valence-electron chi connectivity index (χ4n) is 8.71. The normalized spacial score (nSPS) is 51.9. The van der Waals surface area contributed by atoms with Crippen LogP contribution in [0.15, 0.2) is 12.2 Å². The summed E-state index contributed by atoms with van der Waals surface area (Å²) in [6.45, 7) is 11.2. The molecule has 0 unspecified atom stereocenters. The molecule has 0 aromatic carbocycles. The van der Waals surface area contributed by atoms with Crippen LogP contribution in [-0.4, -0.2) is 23.3 Å². The van der Waals surface area contributed by atoms with Gasteiger partial charge in [-0.3, -0.25) is 4.79 Å². The van der Waals surface area contributed by atoms with Gasteiger partial charge in [0.25, 0.3) is 0 Å². The van der Waals surface area contributed by atoms with Crippen LogP contribution in [-0.2, 0) is 9.53 Å². The SMILES string of the molecule is CCC=C[C@H]1C[C@H](OC(C)=O)[C@@]2(C)CC[C@H]3[C@@H](CC[C@H]4C[C@H](O)C[C@H](C)[C@@]43C)[C@H]12. The number of rotatable bonds is 3. The lowest BCUT2D eigenvalue weighted by atomic mass is 9.42. The van der Waals surface area contributed by atoms with Crippen molar-refractivity contribution in [1.29, 1.82) is 0 Å². The zero-order valence-corrected chi connectivity index (χ0v) is 19.2. The molecule has 0 bridgehead atoms. The summed E-state index contributed by atoms with van der Waals surface area (Å²) in [5, 5.41) is 10.4. The smallest absolute Gasteiger partial charge is 0.302 e. The van der Waals surface area contributed by atoms with Gasteiger partial charge in [0.05, 0.1) is 6.10 Å². The summed E-state index contributed by atoms with van der Waals surface area (Å²) in [5.41, 5.74) is 0.457. The van der Waals surface area contributed by atoms with Gasteiger partial charge in [-0.1, -0.05) is 39.8 Å². The Bertz CT molecular complexity index is 656. The molecule has 1 N–H and O–H groups in total. The van der Waals surface area contributed by atoms with E-state index in [4.69, 9.17) is 4.74 Å². The number of allylic oxidation sites excluding steroid dienone is 2. The summed E-state index contributed by atoms with van der Waals surface area (Å²) in [7, 11) is 0. The van der Waals surface area contributed by atoms with E-state index >= 15 is 0 Å². The number of ether oxygens (including phenoxy) is 1. The van der Waals surface area contributed by atoms with Crippen LogP contribution in [0, 0.1) is 46.3 Å². The Morgan fingerprint density at radius 3 is 2.62 bits per heavy atom. The van der Waals surface area contributed by atoms with Crippen molar-refractivity contribution in [3.8, 4) is 0 Å². The first-order valence-corrected chi connectivity index (χ1v) is 12.2. The third-order valence-corrected chi connectivity index (χ3v) is 10.1. The summed E-state index contributed by atoms with van der Waals surface area (Å²) in [6.07, 6.45) is 13.8. The second kappa shape index (κ2) is 7.70. The van der Waals surface area contributed by atoms with Gasteiger partial charge >= 0.3 is 5.97 Å². The third-order valence-electron chi connectivity index (χ3n) is 10.1. The Labute approximate surface area is 177 Å². The number of fused-ring (bicyclic) bond motifs is 5. The van der Waals surface area contributed by atoms with Gasteiger partial charge < -0.3 is 9.84 Å². The summed E-state index contributed by atoms with van der Waals surface area (Å²) in [5.74, 6) is 3.75. The van der Waals surface area contributed by atoms with Gasteiger partial charge in [0.15, 0.2) is 0 Å². The highest BCUT2D eigenvalue weighted by molar-refractivity contribution is 5.66. The number of carbonyl (C=O) groups excluding carboxylic acids is 1. The highest BCUT2D eigenvalue weighted by atomic mass is 16.5. The molecular formula is C26H42O3. The van der Waals surface area contributed by atoms with E-state index in [1.54, 1.807) is 6.92 Å². The standard InChI is InChI=1S/C26H42O3/c1-6-7-8-18-14-23(29-17(3)27)25(4)12-11-22-21(24(18)25)10-9-19-15-20(28)13-16(2)26(19,22)5/h7-8,16,18-24,28H,6,9-15H2,1-5H3/t16-,18-,19-,20+,21+,22-,23-,24-,25+,26-/m0/s1. The average Bonchev–Trinajstić information content (AvgIpc) is 2.92. The number of hydrogen-bond donors (Lipinski definition) is 1. The molecule has 29 heavy (non-hydrogen) atoms. The van der Waals surface area contributed by atoms with Crippen molar-refractivity contribution in [3.63, 3.8) is 0 Å². The minimum Gasteiger partial charge on any atom is -0.462 e. The summed E-state index contributed by atoms with van der Waals surface area (Å²) < 4.78 is 5.93. The van der Waals surface area contributed by atoms with Crippen LogP contribution >= 0.6 is 0 Å². The van der Waals surface area contributed by atoms with Crippen molar-refractivity contribution in [1.82, 2.24) is 0 Å². The van der Waals surface area contributed by atoms with E-state index in [0.29, 0.717) is 29.1 Å². The van der Waals surface area contributed by atoms with Crippen LogP contribution in [0.1, 0.15) is 86.0 Å². The van der Waals surface area contributed by atoms with Crippen LogP contribution in [0.3, 0.4) is 0 Å². The van der Waals surface area contributed by atoms with E-state index in [-0.39, 0.29) is 23.6 Å². The highest BCUT2D eigenvalue weighted by Crippen LogP contribution is 2.68. The van der Waals surface area contributed by atoms with E-state index in [9.17, 15) is 9.90 Å². The molecule has 0 radical (unpaired) electrons. The molecule has 0 aromatic rings. The van der Waals surface area contributed by atoms with E-state index in [1.165, 1.54) is 25.7 Å². The van der Waals surface area contributed by atoms with Crippen LogP contribution in [0.4, 0.5) is 0 Å². The van der Waals surface area contributed by atoms with Crippen LogP contribution in [0.5, 0.6) is 0 Å². The van der Waals surface area contributed by atoms with Crippen molar-refractivity contribution >= 4 is 5.97 Å². The van der Waals surface area contributed by atoms with Crippen molar-refractivity contribution in [2.45, 2.75) is 98.2 Å². The Morgan fingerprint density at radius 1 is 1.17 bits per heavy atom. The fourth-order valence-corrected chi connectivity index (χ4v) is 8.71. The Morgan fingerprint density at radius 2 is 1.93 bits per heavy atom. The fraction of sp³-hybridized carbons (Fsp3) is 0.885. The molecule has 10 atom stereocenters. The zero-order valence-electron chi connectivity index (χ0n) is 19.2. The average molecular weight is 403 g/mol. The van der Waals surface area contributed by atoms with E-state index < -0.39 is 0 Å². The second-order valence-electron chi connectivity index (χ2n) is 11.3. The number of esters is 1. The first kappa shape index (κ1) is 21.4. The van der Waals surface area contributed by atoms with Crippen molar-refractivity contribution in [3.05, 3.63) is 12.2 Å². The van der Waals surface area contributed by atoms with Crippen LogP contribution in [0.2, 0.25) is 0 Å². The monoisotopic (exact) mass is 402 g/mol. The molecule has 4 fully saturated rings. The predicted octanol–water partition coefficient (Wildman–Crippen LogP) is 5.76. The van der Waals surface area contributed by atoms with Gasteiger partial charge in [-0.2, -0.15) is 0 Å². The molecule has 4 saturated carbocycles. The molecule has 0 heterocycles. The molecule has 0 amide bonds. The van der Waals surface area contributed by atoms with Gasteiger partial charge in [-0.25, -0.2) is 0 Å². The lowest BCUT2D eigenvalue weighted by Gasteiger charge is -2.63. The lowest BCUT2D eigenvalue weighted by molar-refractivity contribution is -0.172. The predicted molar refractivity (Wildman–Crippen MR) is 116 cm³/mol. The quantitative estimate of drug-likeness (QED) is 0.482. The van der Waals surface area contributed by atoms with E-state index in [2.05, 4.69) is 39.8 Å².